The number of carbonyl (C=O) groups excluding carboxylic acids is 1. The van der Waals surface area contributed by atoms with Crippen LogP contribution < -0.4 is 5.46 Å². The number of piperazine rings is 1. The number of carbonyl (C=O) groups is 1. The lowest BCUT2D eigenvalue weighted by Gasteiger charge is -2.48. The molecule has 1 amide bonds. The summed E-state index contributed by atoms with van der Waals surface area (Å²) in [4.78, 5) is 20.6. The molecule has 0 spiro atoms. The summed E-state index contributed by atoms with van der Waals surface area (Å²) in [5.74, 6) is -2.05. The number of ether oxygens (including phenoxy) is 1. The maximum atomic E-state index is 13.5. The van der Waals surface area contributed by atoms with Gasteiger partial charge in [-0.25, -0.2) is 0 Å². The number of hydrogen-bond acceptors (Lipinski definition) is 7. The minimum Gasteiger partial charge on any atom is -0.399 e. The van der Waals surface area contributed by atoms with Crippen LogP contribution in [0.4, 0.5) is 13.2 Å². The molecule has 2 aromatic rings. The van der Waals surface area contributed by atoms with Crippen molar-refractivity contribution in [1.29, 1.82) is 0 Å². The molecule has 0 radical (unpaired) electrons. The third-order valence-electron chi connectivity index (χ3n) is 8.09. The largest absolute Gasteiger partial charge is 0.496 e. The highest BCUT2D eigenvalue weighted by Crippen LogP contribution is 2.38. The Morgan fingerprint density at radius 1 is 1.13 bits per heavy atom. The Hall–Kier alpha value is -2.22. The van der Waals surface area contributed by atoms with E-state index in [9.17, 15) is 23.1 Å². The van der Waals surface area contributed by atoms with Gasteiger partial charge in [0.1, 0.15) is 5.69 Å². The second-order valence-corrected chi connectivity index (χ2v) is 11.6. The van der Waals surface area contributed by atoms with Crippen LogP contribution in [0.15, 0.2) is 36.5 Å². The summed E-state index contributed by atoms with van der Waals surface area (Å²) in [6, 6.07) is 6.98. The zero-order chi connectivity index (χ0) is 28.4. The lowest BCUT2D eigenvalue weighted by molar-refractivity contribution is -0.265. The number of alkyl halides is 3. The van der Waals surface area contributed by atoms with E-state index in [1.165, 1.54) is 6.07 Å². The zero-order valence-electron chi connectivity index (χ0n) is 22.1. The molecule has 39 heavy (non-hydrogen) atoms. The van der Waals surface area contributed by atoms with Gasteiger partial charge < -0.3 is 24.1 Å². The molecule has 2 atom stereocenters. The smallest absolute Gasteiger partial charge is 0.399 e. The molecular weight excluding hydrogens is 538 g/mol. The van der Waals surface area contributed by atoms with Gasteiger partial charge in [-0.3, -0.25) is 14.7 Å². The van der Waals surface area contributed by atoms with Crippen molar-refractivity contribution in [1.82, 2.24) is 14.8 Å². The lowest BCUT2D eigenvalue weighted by atomic mass is 9.78. The van der Waals surface area contributed by atoms with Crippen molar-refractivity contribution in [3.8, 4) is 0 Å². The Morgan fingerprint density at radius 2 is 1.82 bits per heavy atom. The average Bonchev–Trinajstić information content (AvgIpc) is 3.09. The molecule has 1 N–H and O–H groups in total. The number of nitrogens with zero attached hydrogens (tertiary/aromatic N) is 3. The second-order valence-electron chi connectivity index (χ2n) is 11.2. The molecule has 8 nitrogen and oxygen atoms in total. The van der Waals surface area contributed by atoms with Crippen molar-refractivity contribution in [3.63, 3.8) is 0 Å². The number of aromatic nitrogens is 1. The Kier molecular flexibility index (Phi) is 7.05. The molecule has 0 saturated carbocycles. The summed E-state index contributed by atoms with van der Waals surface area (Å²) in [5, 5.41) is 11.3. The van der Waals surface area contributed by atoms with Gasteiger partial charge in [0.2, 0.25) is 5.79 Å². The van der Waals surface area contributed by atoms with Gasteiger partial charge in [-0.15, -0.1) is 0 Å². The summed E-state index contributed by atoms with van der Waals surface area (Å²) in [5.41, 5.74) is -1.11. The minimum atomic E-state index is -4.57. The van der Waals surface area contributed by atoms with Crippen LogP contribution in [0.5, 0.6) is 0 Å². The number of halogens is 4. The molecule has 1 aromatic heterocycles. The fourth-order valence-corrected chi connectivity index (χ4v) is 5.30. The SMILES string of the molecule is CC1(C)OB(c2cccc(C(=O)N3CCN4C[C@@](O)(c5ccc(C(F)(F)F)nc5)OC[C@@H]4C3)c2Cl)OC1(C)C. The van der Waals surface area contributed by atoms with Gasteiger partial charge >= 0.3 is 13.3 Å². The van der Waals surface area contributed by atoms with Crippen molar-refractivity contribution in [2.24, 2.45) is 0 Å². The van der Waals surface area contributed by atoms with Crippen LogP contribution in [-0.2, 0) is 26.0 Å². The summed E-state index contributed by atoms with van der Waals surface area (Å²) in [6.07, 6.45) is -3.59. The van der Waals surface area contributed by atoms with Crippen LogP contribution in [0.25, 0.3) is 0 Å². The molecule has 3 fully saturated rings. The van der Waals surface area contributed by atoms with Gasteiger partial charge in [-0.2, -0.15) is 13.2 Å². The Morgan fingerprint density at radius 3 is 2.44 bits per heavy atom. The molecule has 3 aliphatic rings. The van der Waals surface area contributed by atoms with Crippen molar-refractivity contribution < 1.29 is 37.1 Å². The van der Waals surface area contributed by atoms with E-state index in [1.807, 2.05) is 32.6 Å². The predicted molar refractivity (Wildman–Crippen MR) is 138 cm³/mol. The highest BCUT2D eigenvalue weighted by Gasteiger charge is 2.52. The van der Waals surface area contributed by atoms with Gasteiger partial charge in [-0.05, 0) is 45.9 Å². The maximum Gasteiger partial charge on any atom is 0.496 e. The molecule has 5 rings (SSSR count). The standard InChI is InChI=1S/C26H30BClF3N3O5/c1-23(2)24(3,4)39-27(38-23)19-7-5-6-18(21(19)28)22(35)33-10-11-34-15-25(36,37-14-17(34)13-33)16-8-9-20(32-12-16)26(29,30)31/h5-9,12,17,36H,10-11,13-15H2,1-4H3/t17-,25-/m0/s1. The Bertz CT molecular complexity index is 1250. The van der Waals surface area contributed by atoms with Gasteiger partial charge in [0.05, 0.1) is 41.0 Å². The van der Waals surface area contributed by atoms with E-state index in [4.69, 9.17) is 25.6 Å². The van der Waals surface area contributed by atoms with Crippen LogP contribution in [0, 0.1) is 0 Å². The number of morpholine rings is 1. The first-order valence-electron chi connectivity index (χ1n) is 12.7. The highest BCUT2D eigenvalue weighted by molar-refractivity contribution is 6.66. The molecule has 0 bridgehead atoms. The van der Waals surface area contributed by atoms with Gasteiger partial charge in [0.15, 0.2) is 0 Å². The quantitative estimate of drug-likeness (QED) is 0.571. The van der Waals surface area contributed by atoms with Crippen LogP contribution in [0.3, 0.4) is 0 Å². The average molecular weight is 568 g/mol. The van der Waals surface area contributed by atoms with Crippen molar-refractivity contribution in [2.75, 3.05) is 32.8 Å². The maximum absolute atomic E-state index is 13.5. The normalized spacial score (nSPS) is 26.9. The van der Waals surface area contributed by atoms with E-state index in [1.54, 1.807) is 23.1 Å². The van der Waals surface area contributed by atoms with Crippen LogP contribution >= 0.6 is 11.6 Å². The van der Waals surface area contributed by atoms with Gasteiger partial charge in [-0.1, -0.05) is 23.7 Å². The first kappa shape index (κ1) is 28.3. The molecular formula is C26H30BClF3N3O5. The third-order valence-corrected chi connectivity index (χ3v) is 8.52. The Balaban J connectivity index is 1.27. The Labute approximate surface area is 230 Å². The first-order chi connectivity index (χ1) is 18.1. The molecule has 0 unspecified atom stereocenters. The molecule has 3 aliphatic heterocycles. The first-order valence-corrected chi connectivity index (χ1v) is 13.1. The predicted octanol–water partition coefficient (Wildman–Crippen LogP) is 3.05. The molecule has 210 valence electrons. The minimum absolute atomic E-state index is 0.0327. The number of aliphatic hydroxyl groups is 1. The van der Waals surface area contributed by atoms with E-state index < -0.39 is 36.0 Å². The van der Waals surface area contributed by atoms with E-state index in [-0.39, 0.29) is 35.7 Å². The molecule has 3 saturated heterocycles. The number of hydrogen-bond donors (Lipinski definition) is 1. The highest BCUT2D eigenvalue weighted by atomic mass is 35.5. The number of fused-ring (bicyclic) bond motifs is 1. The summed E-state index contributed by atoms with van der Waals surface area (Å²) in [7, 11) is -0.712. The molecule has 0 aliphatic carbocycles. The van der Waals surface area contributed by atoms with Crippen LogP contribution in [-0.4, -0.2) is 82.9 Å². The van der Waals surface area contributed by atoms with Crippen molar-refractivity contribution >= 4 is 30.1 Å². The fourth-order valence-electron chi connectivity index (χ4n) is 5.00. The van der Waals surface area contributed by atoms with Crippen molar-refractivity contribution in [3.05, 3.63) is 58.4 Å². The van der Waals surface area contributed by atoms with E-state index in [0.717, 1.165) is 12.3 Å². The number of amides is 1. The summed E-state index contributed by atoms with van der Waals surface area (Å²) >= 11 is 6.72. The number of benzene rings is 1. The molecule has 1 aromatic carbocycles. The monoisotopic (exact) mass is 567 g/mol. The van der Waals surface area contributed by atoms with Crippen molar-refractivity contribution in [2.45, 2.75) is 56.9 Å². The van der Waals surface area contributed by atoms with Gasteiger partial charge in [0.25, 0.3) is 5.91 Å². The number of pyridine rings is 1. The topological polar surface area (TPSA) is 84.4 Å². The van der Waals surface area contributed by atoms with Gasteiger partial charge in [0, 0.05) is 36.9 Å². The van der Waals surface area contributed by atoms with Crippen LogP contribution in [0.1, 0.15) is 49.3 Å². The fraction of sp³-hybridized carbons (Fsp3) is 0.538. The summed E-state index contributed by atoms with van der Waals surface area (Å²) < 4.78 is 56.6. The summed E-state index contributed by atoms with van der Waals surface area (Å²) in [6.45, 7) is 9.00. The molecule has 4 heterocycles. The van der Waals surface area contributed by atoms with Crippen LogP contribution in [0.2, 0.25) is 5.02 Å². The second kappa shape index (κ2) is 9.71. The van der Waals surface area contributed by atoms with E-state index in [0.29, 0.717) is 30.7 Å². The lowest BCUT2D eigenvalue weighted by Crippen LogP contribution is -2.63. The third kappa shape index (κ3) is 5.18. The molecule has 13 heteroatoms. The number of rotatable bonds is 3. The van der Waals surface area contributed by atoms with E-state index in [2.05, 4.69) is 4.98 Å². The zero-order valence-corrected chi connectivity index (χ0v) is 22.8. The van der Waals surface area contributed by atoms with E-state index >= 15 is 0 Å².